The maximum atomic E-state index is 13.7. The van der Waals surface area contributed by atoms with E-state index in [2.05, 4.69) is 11.9 Å². The van der Waals surface area contributed by atoms with Crippen LogP contribution in [0.5, 0.6) is 0 Å². The van der Waals surface area contributed by atoms with Crippen molar-refractivity contribution in [2.24, 2.45) is 28.6 Å². The van der Waals surface area contributed by atoms with E-state index in [1.807, 2.05) is 13.0 Å². The van der Waals surface area contributed by atoms with Gasteiger partial charge in [0.25, 0.3) is 5.56 Å². The molecule has 0 spiro atoms. The fourth-order valence-electron chi connectivity index (χ4n) is 7.94. The van der Waals surface area contributed by atoms with Crippen LogP contribution in [0.15, 0.2) is 27.4 Å². The Kier molecular flexibility index (Phi) is 4.98. The van der Waals surface area contributed by atoms with E-state index in [1.54, 1.807) is 0 Å². The minimum Gasteiger partial charge on any atom is -0.381 e. The molecular formula is C25H31FN2O5. The molecule has 3 fully saturated rings. The quantitative estimate of drug-likeness (QED) is 0.723. The van der Waals surface area contributed by atoms with Crippen molar-refractivity contribution in [2.75, 3.05) is 0 Å². The number of hydrogen-bond donors (Lipinski definition) is 2. The number of carbonyl (C=O) groups is 2. The number of aromatic amines is 1. The van der Waals surface area contributed by atoms with Gasteiger partial charge in [-0.1, -0.05) is 19.4 Å². The van der Waals surface area contributed by atoms with E-state index in [0.717, 1.165) is 25.7 Å². The minimum atomic E-state index is -1.67. The molecule has 0 aliphatic heterocycles. The highest BCUT2D eigenvalue weighted by molar-refractivity contribution is 5.91. The van der Waals surface area contributed by atoms with Gasteiger partial charge in [-0.25, -0.2) is 4.79 Å². The summed E-state index contributed by atoms with van der Waals surface area (Å²) in [5, 5.41) is 11.7. The predicted molar refractivity (Wildman–Crippen MR) is 118 cm³/mol. The molecule has 33 heavy (non-hydrogen) atoms. The van der Waals surface area contributed by atoms with Crippen LogP contribution in [0.2, 0.25) is 0 Å². The Morgan fingerprint density at radius 2 is 1.85 bits per heavy atom. The first-order valence-electron chi connectivity index (χ1n) is 12.0. The zero-order valence-corrected chi connectivity index (χ0v) is 19.2. The van der Waals surface area contributed by atoms with E-state index >= 15 is 0 Å². The number of nitrogens with zero attached hydrogens (tertiary/aromatic N) is 1. The van der Waals surface area contributed by atoms with Crippen molar-refractivity contribution in [3.8, 4) is 0 Å². The van der Waals surface area contributed by atoms with Gasteiger partial charge < -0.3 is 10.1 Å². The third-order valence-corrected chi connectivity index (χ3v) is 9.89. The van der Waals surface area contributed by atoms with E-state index in [9.17, 15) is 28.7 Å². The van der Waals surface area contributed by atoms with Crippen molar-refractivity contribution < 1.29 is 19.1 Å². The third-order valence-electron chi connectivity index (χ3n) is 9.89. The van der Waals surface area contributed by atoms with Crippen LogP contribution >= 0.6 is 0 Å². The normalized spacial score (nSPS) is 39.9. The van der Waals surface area contributed by atoms with E-state index in [-0.39, 0.29) is 23.5 Å². The van der Waals surface area contributed by atoms with Crippen LogP contribution in [0.25, 0.3) is 0 Å². The van der Waals surface area contributed by atoms with Crippen LogP contribution in [-0.2, 0) is 16.1 Å². The van der Waals surface area contributed by atoms with Crippen molar-refractivity contribution in [2.45, 2.75) is 77.4 Å². The van der Waals surface area contributed by atoms with Crippen LogP contribution in [0, 0.1) is 34.4 Å². The number of allylic oxidation sites excluding steroid dienone is 1. The van der Waals surface area contributed by atoms with Gasteiger partial charge in [0.15, 0.2) is 11.6 Å². The molecular weight excluding hydrogens is 427 g/mol. The Hall–Kier alpha value is -2.35. The summed E-state index contributed by atoms with van der Waals surface area (Å²) >= 11 is 0. The molecule has 4 aliphatic carbocycles. The first-order chi connectivity index (χ1) is 15.5. The molecule has 0 saturated heterocycles. The average molecular weight is 459 g/mol. The monoisotopic (exact) mass is 458 g/mol. The lowest BCUT2D eigenvalue weighted by molar-refractivity contribution is -0.163. The van der Waals surface area contributed by atoms with E-state index in [4.69, 9.17) is 0 Å². The molecule has 2 N–H and O–H groups in total. The molecule has 1 heterocycles. The van der Waals surface area contributed by atoms with Crippen LogP contribution in [0.1, 0.15) is 65.2 Å². The Bertz CT molecular complexity index is 1180. The minimum absolute atomic E-state index is 0.00889. The lowest BCUT2D eigenvalue weighted by Crippen LogP contribution is -2.58. The second-order valence-corrected chi connectivity index (χ2v) is 11.1. The molecule has 0 radical (unpaired) electrons. The Balaban J connectivity index is 1.44. The van der Waals surface area contributed by atoms with Crippen LogP contribution in [0.3, 0.4) is 0 Å². The molecule has 1 aromatic rings. The predicted octanol–water partition coefficient (Wildman–Crippen LogP) is 2.51. The number of ketones is 2. The number of carbonyl (C=O) groups excluding carboxylic acids is 2. The highest BCUT2D eigenvalue weighted by Crippen LogP contribution is 2.67. The number of hydrogen-bond acceptors (Lipinski definition) is 5. The first kappa shape index (κ1) is 22.4. The van der Waals surface area contributed by atoms with Crippen molar-refractivity contribution in [1.82, 2.24) is 9.55 Å². The van der Waals surface area contributed by atoms with Crippen molar-refractivity contribution >= 4 is 11.6 Å². The van der Waals surface area contributed by atoms with Gasteiger partial charge in [-0.2, -0.15) is 4.39 Å². The number of nitrogens with one attached hydrogen (secondary N) is 1. The first-order valence-corrected chi connectivity index (χ1v) is 12.0. The third kappa shape index (κ3) is 3.02. The Labute approximate surface area is 191 Å². The fraction of sp³-hybridized carbons (Fsp3) is 0.680. The number of aliphatic hydroxyl groups is 1. The number of rotatable bonds is 3. The Morgan fingerprint density at radius 1 is 1.12 bits per heavy atom. The SMILES string of the molecule is CC12CCC(=O)C=C1CCC1C2CCC2(C)C1CCC2(O)C(=O)Cn1c(=O)[nH]cc(F)c1=O. The maximum Gasteiger partial charge on any atom is 0.328 e. The Morgan fingerprint density at radius 3 is 2.61 bits per heavy atom. The molecule has 7 nitrogen and oxygen atoms in total. The second kappa shape index (κ2) is 7.32. The summed E-state index contributed by atoms with van der Waals surface area (Å²) in [4.78, 5) is 51.7. The zero-order valence-electron chi connectivity index (χ0n) is 19.2. The molecule has 5 rings (SSSR count). The number of fused-ring (bicyclic) bond motifs is 5. The number of H-pyrrole nitrogens is 1. The fourth-order valence-corrected chi connectivity index (χ4v) is 7.94. The van der Waals surface area contributed by atoms with Gasteiger partial charge in [-0.3, -0.25) is 19.0 Å². The van der Waals surface area contributed by atoms with E-state index in [1.165, 1.54) is 5.57 Å². The molecule has 6 unspecified atom stereocenters. The molecule has 3 saturated carbocycles. The summed E-state index contributed by atoms with van der Waals surface area (Å²) in [6.45, 7) is 3.60. The van der Waals surface area contributed by atoms with Gasteiger partial charge >= 0.3 is 5.69 Å². The van der Waals surface area contributed by atoms with Crippen molar-refractivity contribution in [1.29, 1.82) is 0 Å². The summed E-state index contributed by atoms with van der Waals surface area (Å²) < 4.78 is 14.2. The van der Waals surface area contributed by atoms with E-state index in [0.29, 0.717) is 41.9 Å². The summed E-state index contributed by atoms with van der Waals surface area (Å²) in [5.74, 6) is -0.629. The highest BCUT2D eigenvalue weighted by atomic mass is 19.1. The molecule has 8 heteroatoms. The van der Waals surface area contributed by atoms with Gasteiger partial charge in [-0.05, 0) is 74.2 Å². The van der Waals surface area contributed by atoms with Gasteiger partial charge in [0.05, 0.1) is 6.54 Å². The topological polar surface area (TPSA) is 109 Å². The lowest BCUT2D eigenvalue weighted by atomic mass is 9.46. The summed E-state index contributed by atoms with van der Waals surface area (Å²) in [6, 6.07) is 0. The van der Waals surface area contributed by atoms with Gasteiger partial charge in [0, 0.05) is 18.0 Å². The molecule has 1 aromatic heterocycles. The summed E-state index contributed by atoms with van der Waals surface area (Å²) in [7, 11) is 0. The van der Waals surface area contributed by atoms with Gasteiger partial charge in [0.2, 0.25) is 5.82 Å². The maximum absolute atomic E-state index is 13.7. The highest BCUT2D eigenvalue weighted by Gasteiger charge is 2.66. The molecule has 0 amide bonds. The largest absolute Gasteiger partial charge is 0.381 e. The lowest BCUT2D eigenvalue weighted by Gasteiger charge is -2.58. The summed E-state index contributed by atoms with van der Waals surface area (Å²) in [5.41, 5.74) is -3.11. The number of halogens is 1. The standard InChI is InChI=1S/C25H31FN2O5/c1-23-8-5-15(29)11-14(23)3-4-16-17(23)6-9-24(2)18(16)7-10-25(24,33)20(30)13-28-21(31)19(26)12-27-22(28)32/h11-12,16-18,33H,3-10,13H2,1-2H3,(H,27,32). The smallest absolute Gasteiger partial charge is 0.328 e. The average Bonchev–Trinajstić information content (AvgIpc) is 3.06. The van der Waals surface area contributed by atoms with Gasteiger partial charge in [0.1, 0.15) is 5.60 Å². The molecule has 178 valence electrons. The molecule has 6 atom stereocenters. The van der Waals surface area contributed by atoms with Crippen LogP contribution < -0.4 is 11.2 Å². The molecule has 0 aromatic carbocycles. The van der Waals surface area contributed by atoms with Crippen LogP contribution in [-0.4, -0.2) is 31.8 Å². The molecule has 4 aliphatic rings. The van der Waals surface area contributed by atoms with Gasteiger partial charge in [-0.15, -0.1) is 0 Å². The van der Waals surface area contributed by atoms with Crippen molar-refractivity contribution in [3.63, 3.8) is 0 Å². The van der Waals surface area contributed by atoms with E-state index < -0.39 is 40.4 Å². The summed E-state index contributed by atoms with van der Waals surface area (Å²) in [6.07, 6.45) is 8.27. The van der Waals surface area contributed by atoms with Crippen molar-refractivity contribution in [3.05, 3.63) is 44.5 Å². The zero-order chi connectivity index (χ0) is 23.8. The van der Waals surface area contributed by atoms with Crippen LogP contribution in [0.4, 0.5) is 4.39 Å². The second-order valence-electron chi connectivity index (χ2n) is 11.1. The molecule has 0 bridgehead atoms. The number of aromatic nitrogens is 2. The number of Topliss-reactive ketones (excluding diaryl/α,β-unsaturated/α-hetero) is 1.